The topological polar surface area (TPSA) is 60.2 Å². The third kappa shape index (κ3) is 11.9. The molecule has 0 bridgehead atoms. The van der Waals surface area contributed by atoms with E-state index in [9.17, 15) is 14.9 Å². The third-order valence-electron chi connectivity index (χ3n) is 3.43. The van der Waals surface area contributed by atoms with E-state index in [4.69, 9.17) is 0 Å². The van der Waals surface area contributed by atoms with Gasteiger partial charge in [-0.05, 0) is 31.8 Å². The first-order valence-corrected chi connectivity index (χ1v) is 7.96. The molecule has 0 fully saturated rings. The quantitative estimate of drug-likeness (QED) is 0.153. The van der Waals surface area contributed by atoms with E-state index in [0.29, 0.717) is 12.8 Å². The van der Waals surface area contributed by atoms with Gasteiger partial charge in [-0.25, -0.2) is 0 Å². The predicted molar refractivity (Wildman–Crippen MR) is 82.4 cm³/mol. The molecule has 0 spiro atoms. The lowest BCUT2D eigenvalue weighted by atomic mass is 10.1. The smallest absolute Gasteiger partial charge is 0.231 e. The summed E-state index contributed by atoms with van der Waals surface area (Å²) >= 11 is 0. The van der Waals surface area contributed by atoms with Crippen molar-refractivity contribution < 1.29 is 9.72 Å². The van der Waals surface area contributed by atoms with Gasteiger partial charge in [0, 0.05) is 17.8 Å². The molecule has 0 aliphatic rings. The van der Waals surface area contributed by atoms with E-state index >= 15 is 0 Å². The van der Waals surface area contributed by atoms with Crippen LogP contribution in [0.2, 0.25) is 0 Å². The molecule has 0 aromatic carbocycles. The Hall–Kier alpha value is -1.19. The Morgan fingerprint density at radius 3 is 2.30 bits per heavy atom. The van der Waals surface area contributed by atoms with Crippen LogP contribution >= 0.6 is 0 Å². The Kier molecular flexibility index (Phi) is 13.4. The van der Waals surface area contributed by atoms with Crippen molar-refractivity contribution in [3.63, 3.8) is 0 Å². The van der Waals surface area contributed by atoms with Crippen LogP contribution in [0.15, 0.2) is 12.2 Å². The van der Waals surface area contributed by atoms with E-state index in [-0.39, 0.29) is 4.92 Å². The van der Waals surface area contributed by atoms with Gasteiger partial charge < -0.3 is 4.79 Å². The van der Waals surface area contributed by atoms with Gasteiger partial charge in [0.2, 0.25) is 6.04 Å². The van der Waals surface area contributed by atoms with Crippen molar-refractivity contribution in [3.05, 3.63) is 22.3 Å². The molecule has 0 aliphatic carbocycles. The standard InChI is InChI=1S/C16H29NO3/c1-2-3-4-7-10-13-16(17(19)20)14-11-8-5-6-9-12-15-18/h10,13,15-16H,2-9,11-12,14H2,1H3/b13-10+. The predicted octanol–water partition coefficient (Wildman–Crippen LogP) is 4.70. The molecule has 0 saturated carbocycles. The van der Waals surface area contributed by atoms with E-state index in [2.05, 4.69) is 6.92 Å². The van der Waals surface area contributed by atoms with Gasteiger partial charge >= 0.3 is 0 Å². The number of hydrogen-bond donors (Lipinski definition) is 0. The average molecular weight is 283 g/mol. The van der Waals surface area contributed by atoms with E-state index < -0.39 is 6.04 Å². The molecule has 0 rings (SSSR count). The van der Waals surface area contributed by atoms with Crippen molar-refractivity contribution in [2.75, 3.05) is 0 Å². The van der Waals surface area contributed by atoms with E-state index in [1.165, 1.54) is 12.8 Å². The molecular weight excluding hydrogens is 254 g/mol. The maximum atomic E-state index is 10.9. The van der Waals surface area contributed by atoms with Gasteiger partial charge in [0.15, 0.2) is 0 Å². The Morgan fingerprint density at radius 2 is 1.65 bits per heavy atom. The molecule has 20 heavy (non-hydrogen) atoms. The summed E-state index contributed by atoms with van der Waals surface area (Å²) in [7, 11) is 0. The Balaban J connectivity index is 3.69. The van der Waals surface area contributed by atoms with Crippen LogP contribution in [0.5, 0.6) is 0 Å². The summed E-state index contributed by atoms with van der Waals surface area (Å²) in [6, 6.07) is -0.522. The highest BCUT2D eigenvalue weighted by Gasteiger charge is 2.14. The van der Waals surface area contributed by atoms with Crippen molar-refractivity contribution in [3.8, 4) is 0 Å². The normalized spacial score (nSPS) is 12.7. The van der Waals surface area contributed by atoms with Gasteiger partial charge in [-0.15, -0.1) is 0 Å². The second kappa shape index (κ2) is 14.2. The minimum absolute atomic E-state index is 0.178. The molecule has 116 valence electrons. The summed E-state index contributed by atoms with van der Waals surface area (Å²) in [6.07, 6.45) is 15.4. The summed E-state index contributed by atoms with van der Waals surface area (Å²) in [5.41, 5.74) is 0. The number of rotatable bonds is 14. The zero-order valence-corrected chi connectivity index (χ0v) is 12.8. The molecule has 0 aliphatic heterocycles. The van der Waals surface area contributed by atoms with Gasteiger partial charge in [-0.3, -0.25) is 10.1 Å². The summed E-state index contributed by atoms with van der Waals surface area (Å²) in [4.78, 5) is 20.9. The molecule has 4 heteroatoms. The van der Waals surface area contributed by atoms with Crippen LogP contribution in [0.3, 0.4) is 0 Å². The number of carbonyl (C=O) groups is 1. The molecule has 0 N–H and O–H groups in total. The van der Waals surface area contributed by atoms with Crippen molar-refractivity contribution in [2.45, 2.75) is 83.6 Å². The van der Waals surface area contributed by atoms with Crippen LogP contribution in [-0.4, -0.2) is 17.3 Å². The highest BCUT2D eigenvalue weighted by Crippen LogP contribution is 2.11. The highest BCUT2D eigenvalue weighted by atomic mass is 16.6. The minimum Gasteiger partial charge on any atom is -0.303 e. The van der Waals surface area contributed by atoms with E-state index in [1.54, 1.807) is 6.08 Å². The zero-order chi connectivity index (χ0) is 15.1. The van der Waals surface area contributed by atoms with E-state index in [1.807, 2.05) is 6.08 Å². The fourth-order valence-electron chi connectivity index (χ4n) is 2.15. The molecule has 1 atom stereocenters. The number of carbonyl (C=O) groups excluding carboxylic acids is 1. The number of unbranched alkanes of at least 4 members (excludes halogenated alkanes) is 8. The number of allylic oxidation sites excluding steroid dienone is 1. The van der Waals surface area contributed by atoms with Gasteiger partial charge in [-0.1, -0.05) is 45.1 Å². The SMILES string of the molecule is CCCCC/C=C/C(CCCCCCCC=O)[N+](=O)[O-]. The van der Waals surface area contributed by atoms with Crippen LogP contribution < -0.4 is 0 Å². The lowest BCUT2D eigenvalue weighted by Crippen LogP contribution is -2.16. The second-order valence-electron chi connectivity index (χ2n) is 5.29. The highest BCUT2D eigenvalue weighted by molar-refractivity contribution is 5.48. The number of aldehydes is 1. The van der Waals surface area contributed by atoms with Crippen molar-refractivity contribution in [1.82, 2.24) is 0 Å². The number of nitrogens with zero attached hydrogens (tertiary/aromatic N) is 1. The Labute approximate surface area is 122 Å². The maximum absolute atomic E-state index is 10.9. The molecule has 0 aromatic heterocycles. The van der Waals surface area contributed by atoms with Crippen LogP contribution in [-0.2, 0) is 4.79 Å². The molecule has 0 amide bonds. The Bertz CT molecular complexity index is 277. The lowest BCUT2D eigenvalue weighted by Gasteiger charge is -2.05. The van der Waals surface area contributed by atoms with Gasteiger partial charge in [0.25, 0.3) is 0 Å². The third-order valence-corrected chi connectivity index (χ3v) is 3.43. The summed E-state index contributed by atoms with van der Waals surface area (Å²) < 4.78 is 0. The van der Waals surface area contributed by atoms with Gasteiger partial charge in [0.1, 0.15) is 6.29 Å². The second-order valence-corrected chi connectivity index (χ2v) is 5.29. The fraction of sp³-hybridized carbons (Fsp3) is 0.812. The lowest BCUT2D eigenvalue weighted by molar-refractivity contribution is -0.510. The van der Waals surface area contributed by atoms with Crippen LogP contribution in [0.1, 0.15) is 77.6 Å². The average Bonchev–Trinajstić information content (AvgIpc) is 2.43. The number of nitro groups is 1. The molecule has 4 nitrogen and oxygen atoms in total. The molecule has 0 aromatic rings. The molecule has 0 saturated heterocycles. The first kappa shape index (κ1) is 18.8. The van der Waals surface area contributed by atoms with Crippen molar-refractivity contribution >= 4 is 6.29 Å². The van der Waals surface area contributed by atoms with Crippen LogP contribution in [0.25, 0.3) is 0 Å². The molecule has 0 heterocycles. The fourth-order valence-corrected chi connectivity index (χ4v) is 2.15. The Morgan fingerprint density at radius 1 is 1.00 bits per heavy atom. The van der Waals surface area contributed by atoms with Crippen LogP contribution in [0.4, 0.5) is 0 Å². The van der Waals surface area contributed by atoms with Gasteiger partial charge in [-0.2, -0.15) is 0 Å². The summed E-state index contributed by atoms with van der Waals surface area (Å²) in [5.74, 6) is 0. The van der Waals surface area contributed by atoms with Crippen LogP contribution in [0, 0.1) is 10.1 Å². The molecule has 1 unspecified atom stereocenters. The van der Waals surface area contributed by atoms with Crippen molar-refractivity contribution in [2.24, 2.45) is 0 Å². The summed E-state index contributed by atoms with van der Waals surface area (Å²) in [5, 5.41) is 10.9. The minimum atomic E-state index is -0.522. The zero-order valence-electron chi connectivity index (χ0n) is 12.8. The molecular formula is C16H29NO3. The number of hydrogen-bond acceptors (Lipinski definition) is 3. The maximum Gasteiger partial charge on any atom is 0.231 e. The first-order valence-electron chi connectivity index (χ1n) is 7.96. The monoisotopic (exact) mass is 283 g/mol. The molecule has 0 radical (unpaired) electrons. The van der Waals surface area contributed by atoms with E-state index in [0.717, 1.165) is 51.2 Å². The van der Waals surface area contributed by atoms with Crippen molar-refractivity contribution in [1.29, 1.82) is 0 Å². The largest absolute Gasteiger partial charge is 0.303 e. The van der Waals surface area contributed by atoms with Gasteiger partial charge in [0.05, 0.1) is 0 Å². The summed E-state index contributed by atoms with van der Waals surface area (Å²) in [6.45, 7) is 2.15. The first-order chi connectivity index (χ1) is 9.72.